The van der Waals surface area contributed by atoms with Crippen LogP contribution in [0, 0.1) is 6.92 Å². The summed E-state index contributed by atoms with van der Waals surface area (Å²) in [5.74, 6) is -0.401. The van der Waals surface area contributed by atoms with Gasteiger partial charge in [0.1, 0.15) is 5.39 Å². The Morgan fingerprint density at radius 3 is 2.28 bits per heavy atom. The van der Waals surface area contributed by atoms with Gasteiger partial charge in [-0.2, -0.15) is 5.10 Å². The van der Waals surface area contributed by atoms with Crippen LogP contribution in [0.4, 0.5) is 11.4 Å². The van der Waals surface area contributed by atoms with Crippen LogP contribution in [0.3, 0.4) is 0 Å². The van der Waals surface area contributed by atoms with E-state index in [1.807, 2.05) is 31.2 Å². The van der Waals surface area contributed by atoms with Crippen molar-refractivity contribution in [3.63, 3.8) is 0 Å². The number of nitrogens with zero attached hydrogens (tertiary/aromatic N) is 4. The van der Waals surface area contributed by atoms with E-state index >= 15 is 0 Å². The molecule has 2 aromatic heterocycles. The van der Waals surface area contributed by atoms with Gasteiger partial charge in [-0.3, -0.25) is 19.0 Å². The van der Waals surface area contributed by atoms with Crippen LogP contribution in [0.1, 0.15) is 18.9 Å². The van der Waals surface area contributed by atoms with E-state index in [9.17, 15) is 14.4 Å². The topological polar surface area (TPSA) is 111 Å². The Balaban J connectivity index is 1.43. The highest BCUT2D eigenvalue weighted by molar-refractivity contribution is 5.92. The summed E-state index contributed by atoms with van der Waals surface area (Å²) >= 11 is 0. The SMILES string of the molecule is CC(=O)Nc1ccc(NC(=O)CCn2cnc3c(cnn3-c3ccc(C)cc3)c2=O)cc1. The van der Waals surface area contributed by atoms with Crippen molar-refractivity contribution < 1.29 is 9.59 Å². The number of carbonyl (C=O) groups excluding carboxylic acids is 2. The molecule has 9 heteroatoms. The first kappa shape index (κ1) is 21.0. The first-order chi connectivity index (χ1) is 15.4. The van der Waals surface area contributed by atoms with Crippen molar-refractivity contribution in [3.8, 4) is 5.69 Å². The zero-order valence-corrected chi connectivity index (χ0v) is 17.7. The van der Waals surface area contributed by atoms with E-state index in [4.69, 9.17) is 0 Å². The van der Waals surface area contributed by atoms with Gasteiger partial charge in [-0.05, 0) is 43.3 Å². The molecule has 0 bridgehead atoms. The maximum Gasteiger partial charge on any atom is 0.264 e. The van der Waals surface area contributed by atoms with E-state index in [-0.39, 0.29) is 30.3 Å². The number of aryl methyl sites for hydroxylation is 2. The number of anilines is 2. The smallest absolute Gasteiger partial charge is 0.264 e. The van der Waals surface area contributed by atoms with Gasteiger partial charge < -0.3 is 10.6 Å². The number of nitrogens with one attached hydrogen (secondary N) is 2. The van der Waals surface area contributed by atoms with Crippen molar-refractivity contribution >= 4 is 34.2 Å². The average molecular weight is 430 g/mol. The zero-order chi connectivity index (χ0) is 22.7. The van der Waals surface area contributed by atoms with Crippen LogP contribution in [0.15, 0.2) is 65.8 Å². The van der Waals surface area contributed by atoms with E-state index in [0.29, 0.717) is 22.4 Å². The molecule has 32 heavy (non-hydrogen) atoms. The van der Waals surface area contributed by atoms with Crippen molar-refractivity contribution in [1.29, 1.82) is 0 Å². The quantitative estimate of drug-likeness (QED) is 0.489. The lowest BCUT2D eigenvalue weighted by molar-refractivity contribution is -0.116. The van der Waals surface area contributed by atoms with Crippen molar-refractivity contribution in [2.45, 2.75) is 26.8 Å². The molecule has 0 atom stereocenters. The van der Waals surface area contributed by atoms with E-state index in [2.05, 4.69) is 20.7 Å². The first-order valence-electron chi connectivity index (χ1n) is 10.1. The Morgan fingerprint density at radius 1 is 0.969 bits per heavy atom. The summed E-state index contributed by atoms with van der Waals surface area (Å²) in [5.41, 5.74) is 3.42. The summed E-state index contributed by atoms with van der Waals surface area (Å²) in [6, 6.07) is 14.6. The minimum absolute atomic E-state index is 0.104. The highest BCUT2D eigenvalue weighted by Crippen LogP contribution is 2.15. The predicted octanol–water partition coefficient (Wildman–Crippen LogP) is 2.88. The van der Waals surface area contributed by atoms with Gasteiger partial charge in [0.05, 0.1) is 18.2 Å². The fourth-order valence-corrected chi connectivity index (χ4v) is 3.27. The standard InChI is InChI=1S/C23H22N6O3/c1-15-3-9-19(10-4-15)29-22-20(13-25-29)23(32)28(14-24-22)12-11-21(31)27-18-7-5-17(6-8-18)26-16(2)30/h3-10,13-14H,11-12H2,1-2H3,(H,26,30)(H,27,31). The van der Waals surface area contributed by atoms with Crippen molar-refractivity contribution in [2.24, 2.45) is 0 Å². The minimum atomic E-state index is -0.249. The second-order valence-corrected chi connectivity index (χ2v) is 7.43. The highest BCUT2D eigenvalue weighted by atomic mass is 16.2. The Labute approximate surface area is 183 Å². The molecule has 0 unspecified atom stereocenters. The van der Waals surface area contributed by atoms with Gasteiger partial charge in [-0.15, -0.1) is 0 Å². The molecule has 0 saturated heterocycles. The van der Waals surface area contributed by atoms with E-state index in [1.165, 1.54) is 24.0 Å². The lowest BCUT2D eigenvalue weighted by Gasteiger charge is -2.08. The summed E-state index contributed by atoms with van der Waals surface area (Å²) in [7, 11) is 0. The predicted molar refractivity (Wildman–Crippen MR) is 122 cm³/mol. The van der Waals surface area contributed by atoms with Gasteiger partial charge in [-0.25, -0.2) is 9.67 Å². The van der Waals surface area contributed by atoms with E-state index in [0.717, 1.165) is 11.3 Å². The molecular weight excluding hydrogens is 408 g/mol. The number of hydrogen-bond acceptors (Lipinski definition) is 5. The third-order valence-electron chi connectivity index (χ3n) is 4.90. The fraction of sp³-hybridized carbons (Fsp3) is 0.174. The molecular formula is C23H22N6O3. The van der Waals surface area contributed by atoms with Gasteiger partial charge in [0, 0.05) is 31.3 Å². The Morgan fingerprint density at radius 2 is 1.62 bits per heavy atom. The molecule has 0 radical (unpaired) electrons. The number of hydrogen-bond donors (Lipinski definition) is 2. The largest absolute Gasteiger partial charge is 0.326 e. The summed E-state index contributed by atoms with van der Waals surface area (Å²) in [5, 5.41) is 10.1. The van der Waals surface area contributed by atoms with E-state index < -0.39 is 0 Å². The number of rotatable bonds is 6. The number of aromatic nitrogens is 4. The zero-order valence-electron chi connectivity index (χ0n) is 17.7. The maximum absolute atomic E-state index is 12.8. The molecule has 2 aromatic carbocycles. The highest BCUT2D eigenvalue weighted by Gasteiger charge is 2.12. The minimum Gasteiger partial charge on any atom is -0.326 e. The van der Waals surface area contributed by atoms with Crippen LogP contribution < -0.4 is 16.2 Å². The van der Waals surface area contributed by atoms with Crippen LogP contribution in [0.25, 0.3) is 16.7 Å². The molecule has 0 spiro atoms. The number of fused-ring (bicyclic) bond motifs is 1. The second-order valence-electron chi connectivity index (χ2n) is 7.43. The molecule has 2 amide bonds. The van der Waals surface area contributed by atoms with E-state index in [1.54, 1.807) is 28.9 Å². The number of amides is 2. The van der Waals surface area contributed by atoms with Crippen LogP contribution in [0.5, 0.6) is 0 Å². The molecule has 162 valence electrons. The fourth-order valence-electron chi connectivity index (χ4n) is 3.27. The third-order valence-corrected chi connectivity index (χ3v) is 4.90. The lowest BCUT2D eigenvalue weighted by atomic mass is 10.2. The normalized spacial score (nSPS) is 10.8. The van der Waals surface area contributed by atoms with Gasteiger partial charge in [-0.1, -0.05) is 17.7 Å². The maximum atomic E-state index is 12.8. The summed E-state index contributed by atoms with van der Waals surface area (Å²) in [6.07, 6.45) is 3.04. The van der Waals surface area contributed by atoms with Gasteiger partial charge in [0.15, 0.2) is 5.65 Å². The molecule has 2 heterocycles. The van der Waals surface area contributed by atoms with Gasteiger partial charge >= 0.3 is 0 Å². The average Bonchev–Trinajstić information content (AvgIpc) is 3.20. The van der Waals surface area contributed by atoms with Crippen LogP contribution in [-0.4, -0.2) is 31.1 Å². The summed E-state index contributed by atoms with van der Waals surface area (Å²) < 4.78 is 3.03. The number of carbonyl (C=O) groups is 2. The summed E-state index contributed by atoms with van der Waals surface area (Å²) in [4.78, 5) is 40.6. The first-order valence-corrected chi connectivity index (χ1v) is 10.1. The molecule has 9 nitrogen and oxygen atoms in total. The molecule has 0 aliphatic carbocycles. The Hall–Kier alpha value is -4.27. The summed E-state index contributed by atoms with van der Waals surface area (Å²) in [6.45, 7) is 3.61. The Bertz CT molecular complexity index is 1340. The molecule has 0 aliphatic rings. The van der Waals surface area contributed by atoms with Crippen molar-refractivity contribution in [1.82, 2.24) is 19.3 Å². The van der Waals surface area contributed by atoms with Crippen LogP contribution in [0.2, 0.25) is 0 Å². The van der Waals surface area contributed by atoms with Crippen LogP contribution >= 0.6 is 0 Å². The lowest BCUT2D eigenvalue weighted by Crippen LogP contribution is -2.23. The van der Waals surface area contributed by atoms with Crippen LogP contribution in [-0.2, 0) is 16.1 Å². The van der Waals surface area contributed by atoms with Crippen molar-refractivity contribution in [3.05, 3.63) is 77.0 Å². The molecule has 4 aromatic rings. The monoisotopic (exact) mass is 430 g/mol. The number of benzene rings is 2. The van der Waals surface area contributed by atoms with Gasteiger partial charge in [0.2, 0.25) is 11.8 Å². The Kier molecular flexibility index (Phi) is 5.80. The molecule has 0 saturated carbocycles. The van der Waals surface area contributed by atoms with Crippen molar-refractivity contribution in [2.75, 3.05) is 10.6 Å². The third kappa shape index (κ3) is 4.56. The molecule has 4 rings (SSSR count). The molecule has 0 fully saturated rings. The second kappa shape index (κ2) is 8.84. The molecule has 0 aliphatic heterocycles. The molecule has 2 N–H and O–H groups in total. The van der Waals surface area contributed by atoms with Gasteiger partial charge in [0.25, 0.3) is 5.56 Å².